The van der Waals surface area contributed by atoms with Crippen LogP contribution in [-0.4, -0.2) is 21.3 Å². The molecular formula is C15H13BrFNO4S. The van der Waals surface area contributed by atoms with Crippen LogP contribution in [0.3, 0.4) is 0 Å². The van der Waals surface area contributed by atoms with Crippen molar-refractivity contribution in [2.24, 2.45) is 0 Å². The molecule has 0 amide bonds. The Hall–Kier alpha value is -1.77. The first-order chi connectivity index (χ1) is 10.9. The van der Waals surface area contributed by atoms with Crippen molar-refractivity contribution in [2.45, 2.75) is 6.92 Å². The Kier molecular flexibility index (Phi) is 5.86. The van der Waals surface area contributed by atoms with Crippen LogP contribution in [0, 0.1) is 5.82 Å². The van der Waals surface area contributed by atoms with E-state index in [0.717, 1.165) is 14.8 Å². The van der Waals surface area contributed by atoms with Crippen LogP contribution < -0.4 is 4.31 Å². The molecule has 8 heteroatoms. The summed E-state index contributed by atoms with van der Waals surface area (Å²) in [6, 6.07) is 10.0. The Bertz CT molecular complexity index is 739. The standard InChI is InChI=1S/C15H13BrFNO4S/c1-2-22-15(19)10-3-8-14(13(17)9-10)18(23(20)21)12-6-4-11(16)5-7-12/h3-9H,2H2,1H3,(H,20,21). The van der Waals surface area contributed by atoms with Crippen LogP contribution in [0.4, 0.5) is 15.8 Å². The van der Waals surface area contributed by atoms with E-state index in [4.69, 9.17) is 4.74 Å². The number of carbonyl (C=O) groups excluding carboxylic acids is 1. The van der Waals surface area contributed by atoms with Gasteiger partial charge in [0.05, 0.1) is 23.5 Å². The molecule has 0 aliphatic rings. The quantitative estimate of drug-likeness (QED) is 0.606. The molecule has 0 spiro atoms. The van der Waals surface area contributed by atoms with Gasteiger partial charge in [0.25, 0.3) is 11.3 Å². The summed E-state index contributed by atoms with van der Waals surface area (Å²) in [5, 5.41) is 0. The summed E-state index contributed by atoms with van der Waals surface area (Å²) in [5.74, 6) is -1.46. The van der Waals surface area contributed by atoms with E-state index >= 15 is 0 Å². The molecule has 0 saturated heterocycles. The third-order valence-corrected chi connectivity index (χ3v) is 4.14. The topological polar surface area (TPSA) is 66.8 Å². The maximum atomic E-state index is 14.3. The number of hydrogen-bond acceptors (Lipinski definition) is 3. The number of esters is 1. The van der Waals surface area contributed by atoms with Gasteiger partial charge in [-0.3, -0.25) is 4.55 Å². The van der Waals surface area contributed by atoms with Gasteiger partial charge in [-0.25, -0.2) is 17.7 Å². The van der Waals surface area contributed by atoms with Crippen molar-refractivity contribution in [1.82, 2.24) is 0 Å². The van der Waals surface area contributed by atoms with E-state index in [9.17, 15) is 17.9 Å². The molecule has 0 aliphatic heterocycles. The number of anilines is 2. The molecule has 5 nitrogen and oxygen atoms in total. The SMILES string of the molecule is CCOC(=O)c1ccc(N(c2ccc(Br)cc2)S(=O)O)c(F)c1. The van der Waals surface area contributed by atoms with Gasteiger partial charge in [0.1, 0.15) is 5.82 Å². The van der Waals surface area contributed by atoms with Crippen molar-refractivity contribution in [1.29, 1.82) is 0 Å². The highest BCUT2D eigenvalue weighted by atomic mass is 79.9. The number of ether oxygens (including phenoxy) is 1. The predicted molar refractivity (Wildman–Crippen MR) is 89.4 cm³/mol. The summed E-state index contributed by atoms with van der Waals surface area (Å²) in [5.41, 5.74) is 0.241. The number of hydrogen-bond donors (Lipinski definition) is 1. The minimum atomic E-state index is -2.48. The van der Waals surface area contributed by atoms with Crippen molar-refractivity contribution in [2.75, 3.05) is 10.9 Å². The summed E-state index contributed by atoms with van der Waals surface area (Å²) in [6.07, 6.45) is 0. The second kappa shape index (κ2) is 7.67. The van der Waals surface area contributed by atoms with Gasteiger partial charge >= 0.3 is 5.97 Å². The first-order valence-corrected chi connectivity index (χ1v) is 8.43. The van der Waals surface area contributed by atoms with Crippen LogP contribution >= 0.6 is 15.9 Å². The molecule has 1 N–H and O–H groups in total. The number of benzene rings is 2. The van der Waals surface area contributed by atoms with E-state index in [1.54, 1.807) is 31.2 Å². The van der Waals surface area contributed by atoms with Crippen molar-refractivity contribution in [3.63, 3.8) is 0 Å². The minimum absolute atomic E-state index is 0.0348. The van der Waals surface area contributed by atoms with Crippen molar-refractivity contribution in [3.05, 3.63) is 58.3 Å². The van der Waals surface area contributed by atoms with Crippen LogP contribution in [0.2, 0.25) is 0 Å². The molecule has 0 aromatic heterocycles. The predicted octanol–water partition coefficient (Wildman–Crippen LogP) is 4.04. The van der Waals surface area contributed by atoms with Crippen LogP contribution in [0.5, 0.6) is 0 Å². The summed E-state index contributed by atoms with van der Waals surface area (Å²) in [4.78, 5) is 11.6. The fraction of sp³-hybridized carbons (Fsp3) is 0.133. The van der Waals surface area contributed by atoms with Crippen molar-refractivity contribution in [3.8, 4) is 0 Å². The minimum Gasteiger partial charge on any atom is -0.462 e. The number of halogens is 2. The first kappa shape index (κ1) is 17.6. The van der Waals surface area contributed by atoms with E-state index < -0.39 is 23.1 Å². The normalized spacial score (nSPS) is 11.8. The number of rotatable bonds is 5. The molecule has 23 heavy (non-hydrogen) atoms. The lowest BCUT2D eigenvalue weighted by Gasteiger charge is -2.21. The molecule has 0 radical (unpaired) electrons. The van der Waals surface area contributed by atoms with Gasteiger partial charge in [-0.05, 0) is 49.4 Å². The third-order valence-electron chi connectivity index (χ3n) is 2.89. The zero-order valence-corrected chi connectivity index (χ0v) is 14.4. The molecule has 0 saturated carbocycles. The highest BCUT2D eigenvalue weighted by Gasteiger charge is 2.20. The first-order valence-electron chi connectivity index (χ1n) is 6.57. The second-order valence-electron chi connectivity index (χ2n) is 4.39. The van der Waals surface area contributed by atoms with E-state index in [2.05, 4.69) is 15.9 Å². The van der Waals surface area contributed by atoms with Crippen LogP contribution in [-0.2, 0) is 16.0 Å². The Morgan fingerprint density at radius 2 is 1.96 bits per heavy atom. The largest absolute Gasteiger partial charge is 0.462 e. The zero-order chi connectivity index (χ0) is 17.0. The van der Waals surface area contributed by atoms with Gasteiger partial charge in [-0.15, -0.1) is 0 Å². The average molecular weight is 402 g/mol. The zero-order valence-electron chi connectivity index (χ0n) is 12.0. The van der Waals surface area contributed by atoms with E-state index in [1.165, 1.54) is 12.1 Å². The lowest BCUT2D eigenvalue weighted by molar-refractivity contribution is 0.0526. The maximum absolute atomic E-state index is 14.3. The van der Waals surface area contributed by atoms with Gasteiger partial charge in [0, 0.05) is 4.47 Å². The summed E-state index contributed by atoms with van der Waals surface area (Å²) < 4.78 is 41.9. The van der Waals surface area contributed by atoms with Gasteiger partial charge in [-0.1, -0.05) is 15.9 Å². The summed E-state index contributed by atoms with van der Waals surface area (Å²) >= 11 is 0.779. The molecule has 1 unspecified atom stereocenters. The molecule has 2 aromatic carbocycles. The Morgan fingerprint density at radius 1 is 1.30 bits per heavy atom. The number of carbonyl (C=O) groups is 1. The Labute approximate surface area is 143 Å². The molecule has 0 aliphatic carbocycles. The highest BCUT2D eigenvalue weighted by molar-refractivity contribution is 9.10. The molecule has 0 bridgehead atoms. The molecule has 2 aromatic rings. The van der Waals surface area contributed by atoms with Gasteiger partial charge < -0.3 is 4.74 Å². The fourth-order valence-corrected chi connectivity index (χ4v) is 2.79. The summed E-state index contributed by atoms with van der Waals surface area (Å²) in [6.45, 7) is 1.82. The van der Waals surface area contributed by atoms with Crippen LogP contribution in [0.15, 0.2) is 46.9 Å². The monoisotopic (exact) mass is 401 g/mol. The number of nitrogens with zero attached hydrogens (tertiary/aromatic N) is 1. The average Bonchev–Trinajstić information content (AvgIpc) is 2.51. The van der Waals surface area contributed by atoms with Gasteiger partial charge in [-0.2, -0.15) is 0 Å². The Morgan fingerprint density at radius 3 is 2.48 bits per heavy atom. The molecule has 0 heterocycles. The lowest BCUT2D eigenvalue weighted by Crippen LogP contribution is -2.20. The Balaban J connectivity index is 2.42. The third kappa shape index (κ3) is 4.15. The van der Waals surface area contributed by atoms with Crippen LogP contribution in [0.25, 0.3) is 0 Å². The maximum Gasteiger partial charge on any atom is 0.338 e. The second-order valence-corrected chi connectivity index (χ2v) is 6.13. The highest BCUT2D eigenvalue weighted by Crippen LogP contribution is 2.30. The molecule has 2 rings (SSSR count). The fourth-order valence-electron chi connectivity index (χ4n) is 1.90. The van der Waals surface area contributed by atoms with E-state index in [0.29, 0.717) is 5.69 Å². The van der Waals surface area contributed by atoms with Crippen LogP contribution in [0.1, 0.15) is 17.3 Å². The smallest absolute Gasteiger partial charge is 0.338 e. The van der Waals surface area contributed by atoms with Crippen molar-refractivity contribution >= 4 is 44.5 Å². The van der Waals surface area contributed by atoms with E-state index in [-0.39, 0.29) is 17.9 Å². The lowest BCUT2D eigenvalue weighted by atomic mass is 10.2. The summed E-state index contributed by atoms with van der Waals surface area (Å²) in [7, 11) is 0. The molecule has 0 fully saturated rings. The van der Waals surface area contributed by atoms with Gasteiger partial charge in [0.2, 0.25) is 0 Å². The van der Waals surface area contributed by atoms with E-state index in [1.807, 2.05) is 0 Å². The molecule has 1 atom stereocenters. The van der Waals surface area contributed by atoms with Crippen molar-refractivity contribution < 1.29 is 22.7 Å². The molecule has 122 valence electrons. The van der Waals surface area contributed by atoms with Gasteiger partial charge in [0.15, 0.2) is 0 Å². The molecular weight excluding hydrogens is 389 g/mol.